The number of carbonyl (C=O) groups excluding carboxylic acids is 2. The van der Waals surface area contributed by atoms with E-state index in [1.54, 1.807) is 0 Å². The number of nitrogens with two attached hydrogens (primary N) is 1. The molecule has 0 aromatic rings. The molecule has 0 aromatic heterocycles. The highest BCUT2D eigenvalue weighted by molar-refractivity contribution is 7.47. The van der Waals surface area contributed by atoms with Gasteiger partial charge in [0.15, 0.2) is 6.10 Å². The van der Waals surface area contributed by atoms with Gasteiger partial charge in [0.25, 0.3) is 0 Å². The van der Waals surface area contributed by atoms with E-state index >= 15 is 0 Å². The van der Waals surface area contributed by atoms with E-state index in [4.69, 9.17) is 24.8 Å². The SMILES string of the molecule is CCC/C=C\CCCCCCCC(=O)OCC(COP(=O)(O)OCC(N)C(=O)O)OC(=O)CCCCCCCCCCC/C=C\C/C=C\CCCCCCC. The average molecular weight is 800 g/mol. The lowest BCUT2D eigenvalue weighted by Gasteiger charge is -2.20. The molecule has 0 saturated heterocycles. The van der Waals surface area contributed by atoms with Crippen LogP contribution < -0.4 is 5.73 Å². The predicted octanol–water partition coefficient (Wildman–Crippen LogP) is 11.2. The van der Waals surface area contributed by atoms with Gasteiger partial charge in [0.1, 0.15) is 12.6 Å². The van der Waals surface area contributed by atoms with E-state index in [2.05, 4.69) is 54.8 Å². The second-order valence-electron chi connectivity index (χ2n) is 14.5. The van der Waals surface area contributed by atoms with Gasteiger partial charge in [0, 0.05) is 12.8 Å². The Bertz CT molecular complexity index is 1080. The highest BCUT2D eigenvalue weighted by Crippen LogP contribution is 2.43. The molecule has 320 valence electrons. The van der Waals surface area contributed by atoms with E-state index in [9.17, 15) is 23.8 Å². The van der Waals surface area contributed by atoms with E-state index in [0.717, 1.165) is 77.0 Å². The number of hydrogen-bond acceptors (Lipinski definition) is 9. The first-order valence-corrected chi connectivity index (χ1v) is 23.0. The number of hydrogen-bond donors (Lipinski definition) is 3. The molecule has 0 radical (unpaired) electrons. The summed E-state index contributed by atoms with van der Waals surface area (Å²) in [5.74, 6) is -2.40. The van der Waals surface area contributed by atoms with Crippen molar-refractivity contribution in [2.45, 2.75) is 199 Å². The summed E-state index contributed by atoms with van der Waals surface area (Å²) in [4.78, 5) is 45.8. The Hall–Kier alpha value is -2.30. The summed E-state index contributed by atoms with van der Waals surface area (Å²) in [6.45, 7) is 2.71. The Labute approximate surface area is 333 Å². The summed E-state index contributed by atoms with van der Waals surface area (Å²) < 4.78 is 32.6. The number of esters is 2. The molecule has 3 atom stereocenters. The van der Waals surface area contributed by atoms with Crippen LogP contribution in [0.2, 0.25) is 0 Å². The number of phosphoric ester groups is 1. The molecule has 0 aliphatic heterocycles. The van der Waals surface area contributed by atoms with Crippen LogP contribution in [0.3, 0.4) is 0 Å². The average Bonchev–Trinajstić information content (AvgIpc) is 3.16. The predicted molar refractivity (Wildman–Crippen MR) is 222 cm³/mol. The Morgan fingerprint density at radius 1 is 0.564 bits per heavy atom. The second kappa shape index (κ2) is 38.6. The van der Waals surface area contributed by atoms with Crippen LogP contribution in [0.1, 0.15) is 187 Å². The number of unbranched alkanes of at least 4 members (excludes halogenated alkanes) is 20. The summed E-state index contributed by atoms with van der Waals surface area (Å²) in [7, 11) is -4.71. The van der Waals surface area contributed by atoms with E-state index in [1.165, 1.54) is 70.6 Å². The first-order chi connectivity index (χ1) is 26.6. The highest BCUT2D eigenvalue weighted by atomic mass is 31.2. The van der Waals surface area contributed by atoms with Crippen LogP contribution in [-0.4, -0.2) is 59.9 Å². The molecule has 0 rings (SSSR count). The third-order valence-electron chi connectivity index (χ3n) is 9.09. The summed E-state index contributed by atoms with van der Waals surface area (Å²) in [5, 5.41) is 8.87. The lowest BCUT2D eigenvalue weighted by atomic mass is 10.1. The second-order valence-corrected chi connectivity index (χ2v) is 15.9. The molecule has 0 fully saturated rings. The Morgan fingerprint density at radius 3 is 1.51 bits per heavy atom. The van der Waals surface area contributed by atoms with Crippen molar-refractivity contribution in [1.82, 2.24) is 0 Å². The van der Waals surface area contributed by atoms with Crippen molar-refractivity contribution in [2.75, 3.05) is 19.8 Å². The van der Waals surface area contributed by atoms with Crippen molar-refractivity contribution >= 4 is 25.7 Å². The van der Waals surface area contributed by atoms with E-state index < -0.39 is 51.1 Å². The van der Waals surface area contributed by atoms with Crippen LogP contribution in [0.15, 0.2) is 36.5 Å². The molecule has 0 spiro atoms. The number of allylic oxidation sites excluding steroid dienone is 6. The molecule has 11 nitrogen and oxygen atoms in total. The van der Waals surface area contributed by atoms with E-state index in [0.29, 0.717) is 12.8 Å². The van der Waals surface area contributed by atoms with Gasteiger partial charge in [-0.15, -0.1) is 0 Å². The van der Waals surface area contributed by atoms with Gasteiger partial charge in [0.05, 0.1) is 13.2 Å². The summed E-state index contributed by atoms with van der Waals surface area (Å²) in [5.41, 5.74) is 5.32. The van der Waals surface area contributed by atoms with Crippen molar-refractivity contribution in [3.8, 4) is 0 Å². The maximum absolute atomic E-state index is 12.6. The minimum absolute atomic E-state index is 0.155. The number of aliphatic carboxylic acids is 1. The van der Waals surface area contributed by atoms with Crippen molar-refractivity contribution in [3.05, 3.63) is 36.5 Å². The molecule has 0 saturated carbocycles. The fraction of sp³-hybridized carbons (Fsp3) is 0.791. The third kappa shape index (κ3) is 38.4. The molecule has 0 aromatic carbocycles. The number of carboxylic acid groups (broad SMARTS) is 1. The van der Waals surface area contributed by atoms with Gasteiger partial charge < -0.3 is 25.2 Å². The molecule has 3 unspecified atom stereocenters. The zero-order chi connectivity index (χ0) is 40.7. The monoisotopic (exact) mass is 800 g/mol. The van der Waals surface area contributed by atoms with Crippen LogP contribution in [-0.2, 0) is 37.5 Å². The molecule has 12 heteroatoms. The quantitative estimate of drug-likeness (QED) is 0.0233. The van der Waals surface area contributed by atoms with Gasteiger partial charge >= 0.3 is 25.7 Å². The Morgan fingerprint density at radius 2 is 1.00 bits per heavy atom. The number of carbonyl (C=O) groups is 3. The number of rotatable bonds is 40. The summed E-state index contributed by atoms with van der Waals surface area (Å²) in [6, 6.07) is -1.52. The fourth-order valence-electron chi connectivity index (χ4n) is 5.69. The molecule has 0 aliphatic rings. The Balaban J connectivity index is 4.30. The van der Waals surface area contributed by atoms with Gasteiger partial charge in [-0.3, -0.25) is 23.4 Å². The maximum Gasteiger partial charge on any atom is 0.472 e. The zero-order valence-electron chi connectivity index (χ0n) is 34.5. The van der Waals surface area contributed by atoms with E-state index in [-0.39, 0.29) is 19.4 Å². The summed E-state index contributed by atoms with van der Waals surface area (Å²) >= 11 is 0. The first-order valence-electron chi connectivity index (χ1n) is 21.5. The lowest BCUT2D eigenvalue weighted by Crippen LogP contribution is -2.34. The smallest absolute Gasteiger partial charge is 0.472 e. The number of phosphoric acid groups is 1. The molecule has 0 aliphatic carbocycles. The molecule has 0 heterocycles. The van der Waals surface area contributed by atoms with Crippen LogP contribution >= 0.6 is 7.82 Å². The molecule has 4 N–H and O–H groups in total. The first kappa shape index (κ1) is 52.7. The third-order valence-corrected chi connectivity index (χ3v) is 10.0. The molecular formula is C43H78NO10P. The van der Waals surface area contributed by atoms with Gasteiger partial charge in [-0.25, -0.2) is 4.57 Å². The molecular weight excluding hydrogens is 721 g/mol. The van der Waals surface area contributed by atoms with Crippen LogP contribution in [0.25, 0.3) is 0 Å². The van der Waals surface area contributed by atoms with Crippen LogP contribution in [0.5, 0.6) is 0 Å². The Kier molecular flexibility index (Phi) is 37.0. The van der Waals surface area contributed by atoms with Crippen molar-refractivity contribution in [3.63, 3.8) is 0 Å². The fourth-order valence-corrected chi connectivity index (χ4v) is 6.46. The van der Waals surface area contributed by atoms with Gasteiger partial charge in [-0.1, -0.05) is 147 Å². The van der Waals surface area contributed by atoms with Gasteiger partial charge in [-0.05, 0) is 64.2 Å². The number of ether oxygens (including phenoxy) is 2. The highest BCUT2D eigenvalue weighted by Gasteiger charge is 2.28. The number of carboxylic acids is 1. The maximum atomic E-state index is 12.6. The topological polar surface area (TPSA) is 172 Å². The standard InChI is InChI=1S/C43H78NO10P/c1-3-5-7-9-11-13-15-16-17-18-19-20-21-22-23-24-25-27-29-31-33-35-42(46)54-39(37-52-55(49,50)53-38-40(44)43(47)48)36-51-41(45)34-32-30-28-26-14-12-10-8-6-4-2/h8,10,15-16,18-19,39-40H,3-7,9,11-14,17,20-38,44H2,1-2H3,(H,47,48)(H,49,50)/b10-8-,16-15-,19-18-. The van der Waals surface area contributed by atoms with Crippen LogP contribution in [0, 0.1) is 0 Å². The zero-order valence-corrected chi connectivity index (χ0v) is 35.4. The minimum Gasteiger partial charge on any atom is -0.480 e. The minimum atomic E-state index is -4.71. The van der Waals surface area contributed by atoms with Gasteiger partial charge in [-0.2, -0.15) is 0 Å². The van der Waals surface area contributed by atoms with Crippen LogP contribution in [0.4, 0.5) is 0 Å². The lowest BCUT2D eigenvalue weighted by molar-refractivity contribution is -0.161. The van der Waals surface area contributed by atoms with Gasteiger partial charge in [0.2, 0.25) is 0 Å². The van der Waals surface area contributed by atoms with Crippen molar-refractivity contribution in [1.29, 1.82) is 0 Å². The molecule has 0 bridgehead atoms. The molecule has 55 heavy (non-hydrogen) atoms. The summed E-state index contributed by atoms with van der Waals surface area (Å²) in [6.07, 6.45) is 40.8. The molecule has 0 amide bonds. The van der Waals surface area contributed by atoms with E-state index in [1.807, 2.05) is 0 Å². The van der Waals surface area contributed by atoms with Crippen molar-refractivity contribution < 1.29 is 47.5 Å². The normalized spacial score (nSPS) is 14.1. The van der Waals surface area contributed by atoms with Crippen molar-refractivity contribution in [2.24, 2.45) is 5.73 Å². The largest absolute Gasteiger partial charge is 0.480 e.